The number of nitrogens with two attached hydrogens (primary N) is 1. The number of amides is 1. The molecule has 0 atom stereocenters. The maximum Gasteiger partial charge on any atom is 0.237 e. The van der Waals surface area contributed by atoms with Gasteiger partial charge >= 0.3 is 0 Å². The number of hydrogen-bond acceptors (Lipinski definition) is 3. The molecular formula is C8H14N4O. The van der Waals surface area contributed by atoms with Gasteiger partial charge in [-0.2, -0.15) is 0 Å². The first kappa shape index (κ1) is 9.73. The van der Waals surface area contributed by atoms with Gasteiger partial charge in [-0.3, -0.25) is 10.1 Å². The molecule has 1 rings (SSSR count). The van der Waals surface area contributed by atoms with Gasteiger partial charge in [-0.05, 0) is 13.8 Å². The van der Waals surface area contributed by atoms with Crippen LogP contribution >= 0.6 is 0 Å². The second kappa shape index (κ2) is 3.57. The van der Waals surface area contributed by atoms with E-state index in [4.69, 9.17) is 5.73 Å². The Kier molecular flexibility index (Phi) is 2.67. The highest BCUT2D eigenvalue weighted by atomic mass is 16.1. The zero-order chi connectivity index (χ0) is 9.90. The van der Waals surface area contributed by atoms with Crippen molar-refractivity contribution in [1.29, 1.82) is 0 Å². The van der Waals surface area contributed by atoms with Gasteiger partial charge in [0.15, 0.2) is 0 Å². The van der Waals surface area contributed by atoms with E-state index in [0.717, 1.165) is 5.82 Å². The van der Waals surface area contributed by atoms with E-state index in [1.807, 2.05) is 0 Å². The first-order valence-corrected chi connectivity index (χ1v) is 4.05. The van der Waals surface area contributed by atoms with E-state index in [9.17, 15) is 4.79 Å². The van der Waals surface area contributed by atoms with Crippen LogP contribution in [-0.2, 0) is 11.3 Å². The number of carbonyl (C=O) groups excluding carboxylic acids is 1. The van der Waals surface area contributed by atoms with Crippen molar-refractivity contribution in [2.75, 3.05) is 0 Å². The maximum absolute atomic E-state index is 10.9. The van der Waals surface area contributed by atoms with Crippen LogP contribution in [0.1, 0.15) is 19.7 Å². The first-order valence-electron chi connectivity index (χ1n) is 4.05. The van der Waals surface area contributed by atoms with Crippen LogP contribution < -0.4 is 11.1 Å². The number of nitrogens with zero attached hydrogens (tertiary/aromatic N) is 1. The predicted octanol–water partition coefficient (Wildman–Crippen LogP) is -0.237. The molecule has 1 aromatic heterocycles. The summed E-state index contributed by atoms with van der Waals surface area (Å²) in [5.41, 5.74) is 4.48. The van der Waals surface area contributed by atoms with E-state index in [1.54, 1.807) is 26.2 Å². The molecule has 0 fully saturated rings. The summed E-state index contributed by atoms with van der Waals surface area (Å²) < 4.78 is 0. The summed E-state index contributed by atoms with van der Waals surface area (Å²) in [6.07, 6.45) is 3.39. The Balaban J connectivity index is 2.47. The second-order valence-electron chi connectivity index (χ2n) is 3.38. The topological polar surface area (TPSA) is 83.8 Å². The molecule has 5 nitrogen and oxygen atoms in total. The van der Waals surface area contributed by atoms with Crippen LogP contribution in [0, 0.1) is 0 Å². The van der Waals surface area contributed by atoms with Crippen LogP contribution in [0.15, 0.2) is 12.4 Å². The maximum atomic E-state index is 10.9. The Morgan fingerprint density at radius 2 is 2.46 bits per heavy atom. The molecule has 0 saturated heterocycles. The quantitative estimate of drug-likeness (QED) is 0.601. The number of nitrogens with one attached hydrogen (secondary N) is 2. The number of aromatic amines is 1. The van der Waals surface area contributed by atoms with Crippen molar-refractivity contribution in [3.8, 4) is 0 Å². The van der Waals surface area contributed by atoms with Gasteiger partial charge in [0.05, 0.1) is 12.1 Å². The van der Waals surface area contributed by atoms with E-state index in [0.29, 0.717) is 6.54 Å². The molecule has 1 aromatic rings. The van der Waals surface area contributed by atoms with E-state index in [1.165, 1.54) is 0 Å². The van der Waals surface area contributed by atoms with Gasteiger partial charge < -0.3 is 10.7 Å². The largest absolute Gasteiger partial charge is 0.368 e. The van der Waals surface area contributed by atoms with Crippen LogP contribution in [-0.4, -0.2) is 21.4 Å². The molecule has 13 heavy (non-hydrogen) atoms. The smallest absolute Gasteiger partial charge is 0.237 e. The van der Waals surface area contributed by atoms with Crippen LogP contribution in [0.3, 0.4) is 0 Å². The minimum absolute atomic E-state index is 0.376. The SMILES string of the molecule is CC(C)(NCc1ncc[nH]1)C(N)=O. The normalized spacial score (nSPS) is 11.5. The third kappa shape index (κ3) is 2.55. The molecule has 0 unspecified atom stereocenters. The lowest BCUT2D eigenvalue weighted by Crippen LogP contribution is -2.50. The van der Waals surface area contributed by atoms with E-state index < -0.39 is 5.54 Å². The molecule has 0 bridgehead atoms. The monoisotopic (exact) mass is 182 g/mol. The fraction of sp³-hybridized carbons (Fsp3) is 0.500. The number of aromatic nitrogens is 2. The lowest BCUT2D eigenvalue weighted by molar-refractivity contribution is -0.123. The van der Waals surface area contributed by atoms with E-state index >= 15 is 0 Å². The van der Waals surface area contributed by atoms with Gasteiger partial charge in [0.2, 0.25) is 5.91 Å². The minimum atomic E-state index is -0.702. The highest BCUT2D eigenvalue weighted by molar-refractivity contribution is 5.83. The molecule has 1 amide bonds. The fourth-order valence-electron chi connectivity index (χ4n) is 0.786. The summed E-state index contributed by atoms with van der Waals surface area (Å²) >= 11 is 0. The Morgan fingerprint density at radius 1 is 1.77 bits per heavy atom. The number of H-pyrrole nitrogens is 1. The first-order chi connectivity index (χ1) is 6.02. The summed E-state index contributed by atoms with van der Waals surface area (Å²) in [5.74, 6) is 0.411. The van der Waals surface area contributed by atoms with Crippen molar-refractivity contribution in [3.05, 3.63) is 18.2 Å². The van der Waals surface area contributed by atoms with Gasteiger partial charge in [-0.25, -0.2) is 4.98 Å². The molecule has 1 heterocycles. The molecule has 4 N–H and O–H groups in total. The lowest BCUT2D eigenvalue weighted by atomic mass is 10.1. The number of carbonyl (C=O) groups is 1. The molecular weight excluding hydrogens is 168 g/mol. The van der Waals surface area contributed by atoms with E-state index in [2.05, 4.69) is 15.3 Å². The average molecular weight is 182 g/mol. The average Bonchev–Trinajstić information content (AvgIpc) is 2.52. The Bertz CT molecular complexity index is 278. The van der Waals surface area contributed by atoms with Crippen molar-refractivity contribution in [3.63, 3.8) is 0 Å². The Labute approximate surface area is 76.7 Å². The Hall–Kier alpha value is -1.36. The highest BCUT2D eigenvalue weighted by Crippen LogP contribution is 2.01. The molecule has 0 aliphatic rings. The molecule has 5 heteroatoms. The summed E-state index contributed by atoms with van der Waals surface area (Å²) in [7, 11) is 0. The molecule has 0 aliphatic carbocycles. The van der Waals surface area contributed by atoms with Crippen molar-refractivity contribution in [1.82, 2.24) is 15.3 Å². The second-order valence-corrected chi connectivity index (χ2v) is 3.38. The third-order valence-electron chi connectivity index (χ3n) is 1.87. The lowest BCUT2D eigenvalue weighted by Gasteiger charge is -2.21. The Morgan fingerprint density at radius 3 is 2.92 bits per heavy atom. The minimum Gasteiger partial charge on any atom is -0.368 e. The number of imidazole rings is 1. The zero-order valence-electron chi connectivity index (χ0n) is 7.79. The summed E-state index contributed by atoms with van der Waals surface area (Å²) in [6, 6.07) is 0. The van der Waals surface area contributed by atoms with Gasteiger partial charge in [0.25, 0.3) is 0 Å². The summed E-state index contributed by atoms with van der Waals surface area (Å²) in [4.78, 5) is 17.8. The summed E-state index contributed by atoms with van der Waals surface area (Å²) in [5, 5.41) is 2.99. The van der Waals surface area contributed by atoms with Crippen LogP contribution in [0.4, 0.5) is 0 Å². The zero-order valence-corrected chi connectivity index (χ0v) is 7.79. The van der Waals surface area contributed by atoms with Crippen molar-refractivity contribution >= 4 is 5.91 Å². The van der Waals surface area contributed by atoms with Crippen LogP contribution in [0.25, 0.3) is 0 Å². The predicted molar refractivity (Wildman–Crippen MR) is 48.7 cm³/mol. The van der Waals surface area contributed by atoms with Crippen molar-refractivity contribution in [2.24, 2.45) is 5.73 Å². The van der Waals surface area contributed by atoms with Gasteiger partial charge in [-0.1, -0.05) is 0 Å². The standard InChI is InChI=1S/C8H14N4O/c1-8(2,7(9)13)12-5-6-10-3-4-11-6/h3-4,12H,5H2,1-2H3,(H2,9,13)(H,10,11). The molecule has 0 saturated carbocycles. The fourth-order valence-corrected chi connectivity index (χ4v) is 0.786. The van der Waals surface area contributed by atoms with Crippen molar-refractivity contribution in [2.45, 2.75) is 25.9 Å². The molecule has 0 aliphatic heterocycles. The molecule has 0 aromatic carbocycles. The highest BCUT2D eigenvalue weighted by Gasteiger charge is 2.23. The molecule has 0 radical (unpaired) electrons. The van der Waals surface area contributed by atoms with Crippen LogP contribution in [0.2, 0.25) is 0 Å². The van der Waals surface area contributed by atoms with Crippen molar-refractivity contribution < 1.29 is 4.79 Å². The number of hydrogen-bond donors (Lipinski definition) is 3. The van der Waals surface area contributed by atoms with Gasteiger partial charge in [0, 0.05) is 12.4 Å². The third-order valence-corrected chi connectivity index (χ3v) is 1.87. The van der Waals surface area contributed by atoms with Gasteiger partial charge in [-0.15, -0.1) is 0 Å². The van der Waals surface area contributed by atoms with Gasteiger partial charge in [0.1, 0.15) is 5.82 Å². The van der Waals surface area contributed by atoms with Crippen LogP contribution in [0.5, 0.6) is 0 Å². The van der Waals surface area contributed by atoms with E-state index in [-0.39, 0.29) is 5.91 Å². The summed E-state index contributed by atoms with van der Waals surface area (Å²) in [6.45, 7) is 3.97. The molecule has 72 valence electrons. The number of primary amides is 1. The number of rotatable bonds is 4. The molecule has 0 spiro atoms.